The van der Waals surface area contributed by atoms with Crippen LogP contribution in [0.1, 0.15) is 25.8 Å². The first kappa shape index (κ1) is 11.6. The van der Waals surface area contributed by atoms with Crippen molar-refractivity contribution in [3.8, 4) is 17.2 Å². The van der Waals surface area contributed by atoms with Gasteiger partial charge in [-0.1, -0.05) is 22.9 Å². The van der Waals surface area contributed by atoms with Gasteiger partial charge in [0, 0.05) is 17.7 Å². The van der Waals surface area contributed by atoms with Crippen molar-refractivity contribution in [3.05, 3.63) is 17.7 Å². The van der Waals surface area contributed by atoms with E-state index in [1.165, 1.54) is 6.07 Å². The Kier molecular flexibility index (Phi) is 2.78. The molecule has 0 saturated carbocycles. The average molecular weight is 287 g/mol. The number of benzene rings is 1. The molecular weight excluding hydrogens is 272 g/mol. The average Bonchev–Trinajstić information content (AvgIpc) is 2.21. The van der Waals surface area contributed by atoms with Crippen LogP contribution in [0.15, 0.2) is 12.1 Å². The minimum atomic E-state index is -0.298. The van der Waals surface area contributed by atoms with Gasteiger partial charge in [-0.3, -0.25) is 0 Å². The van der Waals surface area contributed by atoms with Crippen molar-refractivity contribution in [1.82, 2.24) is 0 Å². The summed E-state index contributed by atoms with van der Waals surface area (Å²) in [5.41, 5.74) is 0.457. The van der Waals surface area contributed by atoms with Gasteiger partial charge < -0.3 is 14.9 Å². The zero-order chi connectivity index (χ0) is 11.9. The molecule has 2 rings (SSSR count). The van der Waals surface area contributed by atoms with Gasteiger partial charge in [-0.15, -0.1) is 0 Å². The summed E-state index contributed by atoms with van der Waals surface area (Å²) < 4.78 is 5.88. The van der Waals surface area contributed by atoms with Gasteiger partial charge in [0.25, 0.3) is 0 Å². The van der Waals surface area contributed by atoms with Gasteiger partial charge in [0.2, 0.25) is 0 Å². The van der Waals surface area contributed by atoms with E-state index in [9.17, 15) is 10.2 Å². The lowest BCUT2D eigenvalue weighted by Gasteiger charge is -2.39. The molecule has 2 N–H and O–H groups in total. The van der Waals surface area contributed by atoms with Crippen molar-refractivity contribution in [3.63, 3.8) is 0 Å². The topological polar surface area (TPSA) is 49.7 Å². The summed E-state index contributed by atoms with van der Waals surface area (Å²) in [5, 5.41) is 19.2. The van der Waals surface area contributed by atoms with Crippen LogP contribution in [0.2, 0.25) is 0 Å². The van der Waals surface area contributed by atoms with E-state index in [2.05, 4.69) is 22.9 Å². The Bertz CT molecular complexity index is 419. The molecule has 0 fully saturated rings. The first-order chi connectivity index (χ1) is 7.46. The SMILES string of the molecule is CCC1(C)Oc2cc(O)cc(O)c2CC1Br. The second-order valence-electron chi connectivity index (χ2n) is 4.38. The molecule has 2 unspecified atom stereocenters. The van der Waals surface area contributed by atoms with Gasteiger partial charge in [0.1, 0.15) is 22.8 Å². The summed E-state index contributed by atoms with van der Waals surface area (Å²) in [4.78, 5) is 0.160. The largest absolute Gasteiger partial charge is 0.508 e. The van der Waals surface area contributed by atoms with Crippen LogP contribution in [0.3, 0.4) is 0 Å². The van der Waals surface area contributed by atoms with Crippen molar-refractivity contribution < 1.29 is 14.9 Å². The fourth-order valence-corrected chi connectivity index (χ4v) is 2.66. The molecule has 16 heavy (non-hydrogen) atoms. The van der Waals surface area contributed by atoms with E-state index in [4.69, 9.17) is 4.74 Å². The highest BCUT2D eigenvalue weighted by molar-refractivity contribution is 9.09. The molecular formula is C12H15BrO3. The van der Waals surface area contributed by atoms with Crippen LogP contribution in [-0.2, 0) is 6.42 Å². The lowest BCUT2D eigenvalue weighted by atomic mass is 9.90. The monoisotopic (exact) mass is 286 g/mol. The van der Waals surface area contributed by atoms with E-state index in [1.54, 1.807) is 6.07 Å². The second kappa shape index (κ2) is 3.84. The standard InChI is InChI=1S/C12H15BrO3/c1-3-12(2)11(13)6-8-9(15)4-7(14)5-10(8)16-12/h4-5,11,14-15H,3,6H2,1-2H3. The third-order valence-corrected chi connectivity index (χ3v) is 4.55. The number of alkyl halides is 1. The number of hydrogen-bond acceptors (Lipinski definition) is 3. The van der Waals surface area contributed by atoms with Gasteiger partial charge in [-0.25, -0.2) is 0 Å². The van der Waals surface area contributed by atoms with Crippen LogP contribution in [0.25, 0.3) is 0 Å². The van der Waals surface area contributed by atoms with Gasteiger partial charge in [-0.05, 0) is 19.8 Å². The molecule has 1 aromatic carbocycles. The Morgan fingerprint density at radius 1 is 1.50 bits per heavy atom. The molecule has 2 atom stereocenters. The Morgan fingerprint density at radius 2 is 2.19 bits per heavy atom. The number of halogens is 1. The molecule has 0 bridgehead atoms. The van der Waals surface area contributed by atoms with Crippen molar-refractivity contribution in [2.24, 2.45) is 0 Å². The van der Waals surface area contributed by atoms with Crippen LogP contribution in [0, 0.1) is 0 Å². The molecule has 1 aliphatic rings. The van der Waals surface area contributed by atoms with Crippen LogP contribution in [0.4, 0.5) is 0 Å². The Balaban J connectivity index is 2.47. The maximum absolute atomic E-state index is 9.74. The normalized spacial score (nSPS) is 28.3. The molecule has 88 valence electrons. The van der Waals surface area contributed by atoms with E-state index in [0.29, 0.717) is 12.2 Å². The maximum atomic E-state index is 9.74. The quantitative estimate of drug-likeness (QED) is 0.781. The molecule has 0 radical (unpaired) electrons. The summed E-state index contributed by atoms with van der Waals surface area (Å²) >= 11 is 3.59. The van der Waals surface area contributed by atoms with Crippen molar-refractivity contribution >= 4 is 15.9 Å². The molecule has 1 aromatic rings. The predicted molar refractivity (Wildman–Crippen MR) is 65.5 cm³/mol. The first-order valence-corrected chi connectivity index (χ1v) is 6.26. The van der Waals surface area contributed by atoms with Crippen molar-refractivity contribution in [2.45, 2.75) is 37.1 Å². The Hall–Kier alpha value is -0.900. The van der Waals surface area contributed by atoms with E-state index in [-0.39, 0.29) is 21.9 Å². The van der Waals surface area contributed by atoms with Crippen LogP contribution in [-0.4, -0.2) is 20.6 Å². The third-order valence-electron chi connectivity index (χ3n) is 3.26. The summed E-state index contributed by atoms with van der Waals surface area (Å²) in [6.07, 6.45) is 1.56. The van der Waals surface area contributed by atoms with E-state index in [0.717, 1.165) is 12.0 Å². The minimum absolute atomic E-state index is 0.0303. The molecule has 1 heterocycles. The highest BCUT2D eigenvalue weighted by atomic mass is 79.9. The molecule has 0 amide bonds. The fraction of sp³-hybridized carbons (Fsp3) is 0.500. The number of rotatable bonds is 1. The molecule has 4 heteroatoms. The van der Waals surface area contributed by atoms with Gasteiger partial charge in [-0.2, -0.15) is 0 Å². The summed E-state index contributed by atoms with van der Waals surface area (Å²) in [6, 6.07) is 2.90. The highest BCUT2D eigenvalue weighted by Crippen LogP contribution is 2.43. The second-order valence-corrected chi connectivity index (χ2v) is 5.49. The zero-order valence-electron chi connectivity index (χ0n) is 9.33. The predicted octanol–water partition coefficient (Wildman–Crippen LogP) is 2.96. The molecule has 0 spiro atoms. The van der Waals surface area contributed by atoms with Gasteiger partial charge >= 0.3 is 0 Å². The zero-order valence-corrected chi connectivity index (χ0v) is 10.9. The number of aromatic hydroxyl groups is 2. The fourth-order valence-electron chi connectivity index (χ4n) is 1.92. The third kappa shape index (κ3) is 1.75. The molecule has 1 aliphatic heterocycles. The highest BCUT2D eigenvalue weighted by Gasteiger charge is 2.39. The Morgan fingerprint density at radius 3 is 2.81 bits per heavy atom. The lowest BCUT2D eigenvalue weighted by Crippen LogP contribution is -2.45. The van der Waals surface area contributed by atoms with Crippen LogP contribution < -0.4 is 4.74 Å². The summed E-state index contributed by atoms with van der Waals surface area (Å²) in [6.45, 7) is 4.08. The molecule has 0 aromatic heterocycles. The number of hydrogen-bond donors (Lipinski definition) is 2. The van der Waals surface area contributed by atoms with E-state index < -0.39 is 0 Å². The maximum Gasteiger partial charge on any atom is 0.130 e. The van der Waals surface area contributed by atoms with E-state index >= 15 is 0 Å². The first-order valence-electron chi connectivity index (χ1n) is 5.34. The van der Waals surface area contributed by atoms with Gasteiger partial charge in [0.15, 0.2) is 0 Å². The number of fused-ring (bicyclic) bond motifs is 1. The van der Waals surface area contributed by atoms with Gasteiger partial charge in [0.05, 0.1) is 4.83 Å². The number of phenols is 2. The van der Waals surface area contributed by atoms with Crippen molar-refractivity contribution in [1.29, 1.82) is 0 Å². The van der Waals surface area contributed by atoms with E-state index in [1.807, 2.05) is 6.92 Å². The summed E-state index contributed by atoms with van der Waals surface area (Å²) in [7, 11) is 0. The number of ether oxygens (including phenoxy) is 1. The van der Waals surface area contributed by atoms with Crippen LogP contribution in [0.5, 0.6) is 17.2 Å². The number of phenolic OH excluding ortho intramolecular Hbond substituents is 2. The molecule has 3 nitrogen and oxygen atoms in total. The summed E-state index contributed by atoms with van der Waals surface area (Å²) in [5.74, 6) is 0.706. The minimum Gasteiger partial charge on any atom is -0.508 e. The smallest absolute Gasteiger partial charge is 0.130 e. The molecule has 0 aliphatic carbocycles. The van der Waals surface area contributed by atoms with Crippen LogP contribution >= 0.6 is 15.9 Å². The Labute approximate surface area is 103 Å². The molecule has 0 saturated heterocycles. The lowest BCUT2D eigenvalue weighted by molar-refractivity contribution is 0.0687. The van der Waals surface area contributed by atoms with Crippen molar-refractivity contribution in [2.75, 3.05) is 0 Å².